The van der Waals surface area contributed by atoms with Gasteiger partial charge in [-0.05, 0) is 25.3 Å². The van der Waals surface area contributed by atoms with Gasteiger partial charge < -0.3 is 24.5 Å². The minimum Gasteiger partial charge on any atom is -0.457 e. The van der Waals surface area contributed by atoms with Gasteiger partial charge in [0.2, 0.25) is 11.8 Å². The first kappa shape index (κ1) is 28.8. The van der Waals surface area contributed by atoms with Gasteiger partial charge in [0.1, 0.15) is 23.8 Å². The topological polar surface area (TPSA) is 139 Å². The molecule has 2 bridgehead atoms. The lowest BCUT2D eigenvalue weighted by atomic mass is 9.94. The number of carbonyl (C=O) groups excluding carboxylic acids is 4. The van der Waals surface area contributed by atoms with Gasteiger partial charge in [-0.3, -0.25) is 14.4 Å². The van der Waals surface area contributed by atoms with Crippen LogP contribution in [0, 0.1) is 11.8 Å². The highest BCUT2D eigenvalue weighted by atomic mass is 16.5. The first-order valence-electron chi connectivity index (χ1n) is 12.7. The number of carbonyl (C=O) groups is 4. The summed E-state index contributed by atoms with van der Waals surface area (Å²) in [4.78, 5) is 56.3. The summed E-state index contributed by atoms with van der Waals surface area (Å²) in [6, 6.07) is 0. The molecule has 2 N–H and O–H groups in total. The molecule has 3 rings (SSSR count). The lowest BCUT2D eigenvalue weighted by Crippen LogP contribution is -2.36. The fourth-order valence-electron chi connectivity index (χ4n) is 4.33. The van der Waals surface area contributed by atoms with Crippen LogP contribution in [0.2, 0.25) is 0 Å². The SMILES string of the molecule is CC1=C/[C@@H](O)CC(=O)Cc2nc(co2)C(=O)N2CCC=C2C(=O)OC(C(C)C)C(C)/C=C\C(=O)NC/C=C\1. The third-order valence-electron chi connectivity index (χ3n) is 6.19. The van der Waals surface area contributed by atoms with Crippen LogP contribution < -0.4 is 5.32 Å². The Labute approximate surface area is 222 Å². The van der Waals surface area contributed by atoms with Gasteiger partial charge in [-0.25, -0.2) is 9.78 Å². The highest BCUT2D eigenvalue weighted by Gasteiger charge is 2.33. The molecule has 1 aromatic rings. The molecule has 10 nitrogen and oxygen atoms in total. The minimum atomic E-state index is -1.01. The van der Waals surface area contributed by atoms with Gasteiger partial charge in [0.25, 0.3) is 5.91 Å². The second kappa shape index (κ2) is 13.1. The summed E-state index contributed by atoms with van der Waals surface area (Å²) in [5.41, 5.74) is 0.809. The van der Waals surface area contributed by atoms with Crippen molar-refractivity contribution in [3.63, 3.8) is 0 Å². The smallest absolute Gasteiger partial charge is 0.355 e. The minimum absolute atomic E-state index is 0.0315. The molecule has 0 fully saturated rings. The first-order valence-corrected chi connectivity index (χ1v) is 12.7. The number of aliphatic hydroxyl groups is 1. The van der Waals surface area contributed by atoms with Crippen LogP contribution in [0.15, 0.2) is 58.4 Å². The number of hydrogen-bond donors (Lipinski definition) is 2. The molecule has 0 spiro atoms. The molecule has 2 aliphatic heterocycles. The second-order valence-electron chi connectivity index (χ2n) is 9.84. The standard InChI is InChI=1S/C28H35N3O7/c1-17(2)26-19(4)9-10-24(34)29-11-5-7-18(3)13-20(32)14-21(33)15-25-30-22(16-37-25)27(35)31-12-6-8-23(31)28(36)38-26/h5,7-10,13,16-17,19-20,26,32H,6,11-12,14-15H2,1-4H3,(H,29,34)/b7-5-,10-9-,18-13-/t19?,20-,26?/m1/s1. The van der Waals surface area contributed by atoms with Crippen molar-refractivity contribution in [1.82, 2.24) is 15.2 Å². The largest absolute Gasteiger partial charge is 0.457 e. The van der Waals surface area contributed by atoms with E-state index in [0.29, 0.717) is 6.42 Å². The summed E-state index contributed by atoms with van der Waals surface area (Å²) in [6.07, 6.45) is 9.48. The molecule has 0 saturated carbocycles. The van der Waals surface area contributed by atoms with E-state index in [1.54, 1.807) is 37.3 Å². The Bertz CT molecular complexity index is 1170. The Morgan fingerprint density at radius 1 is 1.18 bits per heavy atom. The van der Waals surface area contributed by atoms with Crippen molar-refractivity contribution in [3.05, 3.63) is 65.6 Å². The molecule has 2 amide bonds. The Balaban J connectivity index is 1.86. The van der Waals surface area contributed by atoms with Crippen LogP contribution in [0.5, 0.6) is 0 Å². The predicted octanol–water partition coefficient (Wildman–Crippen LogP) is 2.66. The summed E-state index contributed by atoms with van der Waals surface area (Å²) in [5, 5.41) is 13.0. The van der Waals surface area contributed by atoms with E-state index in [1.807, 2.05) is 20.8 Å². The number of oxazole rings is 1. The van der Waals surface area contributed by atoms with Gasteiger partial charge in [0.15, 0.2) is 5.69 Å². The monoisotopic (exact) mass is 525 g/mol. The van der Waals surface area contributed by atoms with Crippen LogP contribution in [0.3, 0.4) is 0 Å². The van der Waals surface area contributed by atoms with Crippen molar-refractivity contribution in [2.24, 2.45) is 11.8 Å². The number of rotatable bonds is 1. The number of cyclic esters (lactones) is 1. The maximum Gasteiger partial charge on any atom is 0.355 e. The van der Waals surface area contributed by atoms with E-state index in [0.717, 1.165) is 11.8 Å². The molecule has 204 valence electrons. The van der Waals surface area contributed by atoms with Crippen LogP contribution in [0.1, 0.15) is 56.9 Å². The zero-order valence-corrected chi connectivity index (χ0v) is 22.2. The van der Waals surface area contributed by atoms with Crippen LogP contribution in [-0.4, -0.2) is 63.9 Å². The van der Waals surface area contributed by atoms with Crippen molar-refractivity contribution in [1.29, 1.82) is 0 Å². The van der Waals surface area contributed by atoms with E-state index in [2.05, 4.69) is 10.3 Å². The van der Waals surface area contributed by atoms with E-state index in [4.69, 9.17) is 9.15 Å². The molecule has 0 saturated heterocycles. The third-order valence-corrected chi connectivity index (χ3v) is 6.19. The fraction of sp³-hybridized carbons (Fsp3) is 0.464. The number of nitrogens with one attached hydrogen (secondary N) is 1. The highest BCUT2D eigenvalue weighted by molar-refractivity contribution is 6.00. The van der Waals surface area contributed by atoms with Crippen molar-refractivity contribution in [2.45, 2.75) is 59.2 Å². The lowest BCUT2D eigenvalue weighted by molar-refractivity contribution is -0.149. The average molecular weight is 526 g/mol. The van der Waals surface area contributed by atoms with Gasteiger partial charge in [-0.2, -0.15) is 0 Å². The van der Waals surface area contributed by atoms with E-state index < -0.39 is 24.1 Å². The van der Waals surface area contributed by atoms with Crippen molar-refractivity contribution >= 4 is 23.6 Å². The lowest BCUT2D eigenvalue weighted by Gasteiger charge is -2.27. The molecule has 3 heterocycles. The van der Waals surface area contributed by atoms with Crippen molar-refractivity contribution in [3.8, 4) is 0 Å². The highest BCUT2D eigenvalue weighted by Crippen LogP contribution is 2.24. The van der Waals surface area contributed by atoms with Gasteiger partial charge in [-0.1, -0.05) is 56.7 Å². The molecule has 2 unspecified atom stereocenters. The number of amides is 2. The average Bonchev–Trinajstić information content (AvgIpc) is 3.52. The van der Waals surface area contributed by atoms with Crippen molar-refractivity contribution < 1.29 is 33.4 Å². The van der Waals surface area contributed by atoms with E-state index in [-0.39, 0.29) is 66.7 Å². The predicted molar refractivity (Wildman–Crippen MR) is 139 cm³/mol. The summed E-state index contributed by atoms with van der Waals surface area (Å²) < 4.78 is 11.1. The molecule has 3 atom stereocenters. The summed E-state index contributed by atoms with van der Waals surface area (Å²) >= 11 is 0. The molecule has 10 heteroatoms. The number of ether oxygens (including phenoxy) is 1. The summed E-state index contributed by atoms with van der Waals surface area (Å²) in [6.45, 7) is 8.00. The second-order valence-corrected chi connectivity index (χ2v) is 9.84. The molecular weight excluding hydrogens is 490 g/mol. The van der Waals surface area contributed by atoms with Crippen LogP contribution in [0.4, 0.5) is 0 Å². The number of esters is 1. The Hall–Kier alpha value is -3.79. The van der Waals surface area contributed by atoms with Crippen LogP contribution >= 0.6 is 0 Å². The molecular formula is C28H35N3O7. The number of hydrogen-bond acceptors (Lipinski definition) is 8. The Kier molecular flexibility index (Phi) is 9.95. The number of aliphatic hydroxyl groups excluding tert-OH is 1. The maximum absolute atomic E-state index is 13.1. The van der Waals surface area contributed by atoms with Crippen molar-refractivity contribution in [2.75, 3.05) is 13.1 Å². The summed E-state index contributed by atoms with van der Waals surface area (Å²) in [7, 11) is 0. The van der Waals surface area contributed by atoms with E-state index in [1.165, 1.54) is 11.0 Å². The number of fused-ring (bicyclic) bond motifs is 3. The summed E-state index contributed by atoms with van der Waals surface area (Å²) in [5.74, 6) is -2.07. The van der Waals surface area contributed by atoms with Gasteiger partial charge in [-0.15, -0.1) is 0 Å². The Morgan fingerprint density at radius 3 is 2.68 bits per heavy atom. The molecule has 0 radical (unpaired) electrons. The van der Waals surface area contributed by atoms with Gasteiger partial charge in [0, 0.05) is 25.4 Å². The molecule has 1 aromatic heterocycles. The molecule has 2 aliphatic rings. The Morgan fingerprint density at radius 2 is 1.95 bits per heavy atom. The first-order chi connectivity index (χ1) is 18.0. The third kappa shape index (κ3) is 7.85. The van der Waals surface area contributed by atoms with Crippen LogP contribution in [0.25, 0.3) is 0 Å². The zero-order valence-electron chi connectivity index (χ0n) is 22.2. The van der Waals surface area contributed by atoms with E-state index >= 15 is 0 Å². The van der Waals surface area contributed by atoms with Crippen LogP contribution in [-0.2, 0) is 25.5 Å². The maximum atomic E-state index is 13.1. The zero-order chi connectivity index (χ0) is 27.8. The molecule has 38 heavy (non-hydrogen) atoms. The fourth-order valence-corrected chi connectivity index (χ4v) is 4.33. The molecule has 0 aliphatic carbocycles. The number of nitrogens with zero attached hydrogens (tertiary/aromatic N) is 2. The van der Waals surface area contributed by atoms with Gasteiger partial charge >= 0.3 is 5.97 Å². The number of aromatic nitrogens is 1. The normalized spacial score (nSPS) is 27.6. The number of Topliss-reactive ketones (excluding diaryl/α,β-unsaturated/α-hetero) is 1. The number of allylic oxidation sites excluding steroid dienone is 2. The molecule has 0 aromatic carbocycles. The number of ketones is 1. The quantitative estimate of drug-likeness (QED) is 0.534. The van der Waals surface area contributed by atoms with Gasteiger partial charge in [0.05, 0.1) is 12.5 Å². The van der Waals surface area contributed by atoms with E-state index in [9.17, 15) is 24.3 Å².